The first-order chi connectivity index (χ1) is 6.63. The summed E-state index contributed by atoms with van der Waals surface area (Å²) in [6.07, 6.45) is 1.60. The Kier molecular flexibility index (Phi) is 4.21. The lowest BCUT2D eigenvalue weighted by molar-refractivity contribution is -0.153. The monoisotopic (exact) mass is 277 g/mol. The van der Waals surface area contributed by atoms with Crippen LogP contribution in [0.5, 0.6) is 0 Å². The Balaban J connectivity index is 2.53. The Morgan fingerprint density at radius 3 is 2.86 bits per heavy atom. The van der Waals surface area contributed by atoms with Crippen molar-refractivity contribution in [3.8, 4) is 0 Å². The molecule has 0 aliphatic rings. The Labute approximate surface area is 93.4 Å². The molecule has 14 heavy (non-hydrogen) atoms. The molecule has 0 saturated carbocycles. The second-order valence-electron chi connectivity index (χ2n) is 2.38. The number of ketones is 1. The van der Waals surface area contributed by atoms with Crippen LogP contribution in [0.25, 0.3) is 0 Å². The van der Waals surface area contributed by atoms with Crippen molar-refractivity contribution in [3.63, 3.8) is 0 Å². The van der Waals surface area contributed by atoms with Crippen LogP contribution < -0.4 is 0 Å². The van der Waals surface area contributed by atoms with Crippen molar-refractivity contribution < 1.29 is 14.3 Å². The molecule has 4 nitrogen and oxygen atoms in total. The van der Waals surface area contributed by atoms with Gasteiger partial charge in [0.1, 0.15) is 5.01 Å². The van der Waals surface area contributed by atoms with Gasteiger partial charge >= 0.3 is 5.97 Å². The average molecular weight is 278 g/mol. The molecule has 0 spiro atoms. The standard InChI is InChI=1S/C8H8BrNO3S/c1-2-13-8(12)5(11)3-7-10-4-6(9)14-7/h4H,2-3H2,1H3. The van der Waals surface area contributed by atoms with Gasteiger partial charge in [-0.3, -0.25) is 4.79 Å². The van der Waals surface area contributed by atoms with E-state index in [4.69, 9.17) is 0 Å². The fourth-order valence-corrected chi connectivity index (χ4v) is 2.09. The number of ether oxygens (including phenoxy) is 1. The number of carbonyl (C=O) groups is 2. The van der Waals surface area contributed by atoms with Gasteiger partial charge in [0, 0.05) is 0 Å². The number of aromatic nitrogens is 1. The van der Waals surface area contributed by atoms with Crippen LogP contribution in [0, 0.1) is 0 Å². The highest BCUT2D eigenvalue weighted by Gasteiger charge is 2.16. The highest BCUT2D eigenvalue weighted by Crippen LogP contribution is 2.19. The van der Waals surface area contributed by atoms with Gasteiger partial charge in [-0.05, 0) is 22.9 Å². The Hall–Kier alpha value is -0.750. The van der Waals surface area contributed by atoms with E-state index in [1.807, 2.05) is 0 Å². The summed E-state index contributed by atoms with van der Waals surface area (Å²) < 4.78 is 5.40. The minimum atomic E-state index is -0.793. The van der Waals surface area contributed by atoms with Crippen molar-refractivity contribution in [2.75, 3.05) is 6.61 Å². The van der Waals surface area contributed by atoms with Gasteiger partial charge < -0.3 is 4.74 Å². The Morgan fingerprint density at radius 2 is 2.36 bits per heavy atom. The summed E-state index contributed by atoms with van der Waals surface area (Å²) in [4.78, 5) is 26.1. The molecule has 1 rings (SSSR count). The third-order valence-corrected chi connectivity index (χ3v) is 2.82. The second-order valence-corrected chi connectivity index (χ2v) is 4.87. The molecule has 0 aliphatic carbocycles. The maximum Gasteiger partial charge on any atom is 0.375 e. The highest BCUT2D eigenvalue weighted by atomic mass is 79.9. The highest BCUT2D eigenvalue weighted by molar-refractivity contribution is 9.11. The normalized spacial score (nSPS) is 9.86. The average Bonchev–Trinajstić information content (AvgIpc) is 2.51. The van der Waals surface area contributed by atoms with Crippen LogP contribution >= 0.6 is 27.3 Å². The number of nitrogens with zero attached hydrogens (tertiary/aromatic N) is 1. The van der Waals surface area contributed by atoms with Crippen molar-refractivity contribution in [2.24, 2.45) is 0 Å². The topological polar surface area (TPSA) is 56.3 Å². The zero-order valence-corrected chi connectivity index (χ0v) is 9.85. The minimum absolute atomic E-state index is 0.00903. The SMILES string of the molecule is CCOC(=O)C(=O)Cc1ncc(Br)s1. The summed E-state index contributed by atoms with van der Waals surface area (Å²) in [5.74, 6) is -1.35. The minimum Gasteiger partial charge on any atom is -0.460 e. The zero-order chi connectivity index (χ0) is 10.6. The van der Waals surface area contributed by atoms with Crippen LogP contribution in [-0.4, -0.2) is 23.3 Å². The molecule has 1 heterocycles. The quantitative estimate of drug-likeness (QED) is 0.620. The van der Waals surface area contributed by atoms with Crippen molar-refractivity contribution in [2.45, 2.75) is 13.3 Å². The van der Waals surface area contributed by atoms with E-state index >= 15 is 0 Å². The number of thiazole rings is 1. The molecule has 1 aromatic rings. The van der Waals surface area contributed by atoms with Crippen molar-refractivity contribution in [3.05, 3.63) is 15.0 Å². The van der Waals surface area contributed by atoms with Crippen LogP contribution in [0.1, 0.15) is 11.9 Å². The number of rotatable bonds is 4. The summed E-state index contributed by atoms with van der Waals surface area (Å²) in [5.41, 5.74) is 0. The summed E-state index contributed by atoms with van der Waals surface area (Å²) in [7, 11) is 0. The number of hydrogen-bond acceptors (Lipinski definition) is 5. The van der Waals surface area contributed by atoms with Gasteiger partial charge in [-0.25, -0.2) is 9.78 Å². The van der Waals surface area contributed by atoms with E-state index in [0.717, 1.165) is 3.79 Å². The molecule has 0 N–H and O–H groups in total. The third kappa shape index (κ3) is 3.19. The van der Waals surface area contributed by atoms with Gasteiger partial charge in [-0.1, -0.05) is 0 Å². The fourth-order valence-electron chi connectivity index (χ4n) is 0.791. The van der Waals surface area contributed by atoms with Crippen LogP contribution in [0.2, 0.25) is 0 Å². The summed E-state index contributed by atoms with van der Waals surface area (Å²) in [5, 5.41) is 0.606. The molecule has 0 fully saturated rings. The number of hydrogen-bond donors (Lipinski definition) is 0. The maximum absolute atomic E-state index is 11.2. The number of esters is 1. The van der Waals surface area contributed by atoms with Gasteiger partial charge in [-0.15, -0.1) is 11.3 Å². The van der Waals surface area contributed by atoms with Crippen molar-refractivity contribution in [1.29, 1.82) is 0 Å². The summed E-state index contributed by atoms with van der Waals surface area (Å²) in [6, 6.07) is 0. The second kappa shape index (κ2) is 5.21. The van der Waals surface area contributed by atoms with Gasteiger partial charge in [0.05, 0.1) is 23.0 Å². The number of halogens is 1. The van der Waals surface area contributed by atoms with E-state index in [2.05, 4.69) is 25.7 Å². The van der Waals surface area contributed by atoms with E-state index < -0.39 is 11.8 Å². The molecule has 6 heteroatoms. The maximum atomic E-state index is 11.2. The van der Waals surface area contributed by atoms with E-state index in [9.17, 15) is 9.59 Å². The summed E-state index contributed by atoms with van der Waals surface area (Å²) in [6.45, 7) is 1.87. The van der Waals surface area contributed by atoms with Gasteiger partial charge in [0.25, 0.3) is 0 Å². The first kappa shape index (κ1) is 11.3. The lowest BCUT2D eigenvalue weighted by atomic mass is 10.3. The van der Waals surface area contributed by atoms with E-state index in [-0.39, 0.29) is 13.0 Å². The third-order valence-electron chi connectivity index (χ3n) is 1.34. The van der Waals surface area contributed by atoms with Crippen LogP contribution in [0.15, 0.2) is 9.98 Å². The molecule has 1 aromatic heterocycles. The molecule has 0 bridgehead atoms. The Morgan fingerprint density at radius 1 is 1.64 bits per heavy atom. The van der Waals surface area contributed by atoms with Crippen molar-refractivity contribution in [1.82, 2.24) is 4.98 Å². The molecule has 0 aliphatic heterocycles. The van der Waals surface area contributed by atoms with E-state index in [1.54, 1.807) is 13.1 Å². The molecule has 0 saturated heterocycles. The lowest BCUT2D eigenvalue weighted by Gasteiger charge is -1.97. The first-order valence-electron chi connectivity index (χ1n) is 3.93. The largest absolute Gasteiger partial charge is 0.460 e. The molecule has 0 unspecified atom stereocenters. The predicted molar refractivity (Wildman–Crippen MR) is 55.2 cm³/mol. The van der Waals surface area contributed by atoms with E-state index in [0.29, 0.717) is 5.01 Å². The molecule has 0 radical (unpaired) electrons. The van der Waals surface area contributed by atoms with Gasteiger partial charge in [-0.2, -0.15) is 0 Å². The van der Waals surface area contributed by atoms with Gasteiger partial charge in [0.15, 0.2) is 0 Å². The van der Waals surface area contributed by atoms with Crippen LogP contribution in [0.4, 0.5) is 0 Å². The van der Waals surface area contributed by atoms with E-state index in [1.165, 1.54) is 11.3 Å². The lowest BCUT2D eigenvalue weighted by Crippen LogP contribution is -2.19. The van der Waals surface area contributed by atoms with Crippen LogP contribution in [-0.2, 0) is 20.7 Å². The van der Waals surface area contributed by atoms with Crippen LogP contribution in [0.3, 0.4) is 0 Å². The fraction of sp³-hybridized carbons (Fsp3) is 0.375. The smallest absolute Gasteiger partial charge is 0.375 e. The molecular weight excluding hydrogens is 270 g/mol. The molecule has 0 aromatic carbocycles. The molecule has 76 valence electrons. The Bertz CT molecular complexity index is 350. The summed E-state index contributed by atoms with van der Waals surface area (Å²) >= 11 is 4.55. The molecular formula is C8H8BrNO3S. The zero-order valence-electron chi connectivity index (χ0n) is 7.45. The molecule has 0 atom stereocenters. The number of carbonyl (C=O) groups excluding carboxylic acids is 2. The first-order valence-corrected chi connectivity index (χ1v) is 5.54. The van der Waals surface area contributed by atoms with Gasteiger partial charge in [0.2, 0.25) is 5.78 Å². The van der Waals surface area contributed by atoms with Crippen molar-refractivity contribution >= 4 is 39.0 Å². The number of Topliss-reactive ketones (excluding diaryl/α,β-unsaturated/α-hetero) is 1. The predicted octanol–water partition coefficient (Wildman–Crippen LogP) is 1.58. The molecule has 0 amide bonds.